The molecule has 0 saturated heterocycles. The van der Waals surface area contributed by atoms with Crippen LogP contribution in [-0.2, 0) is 16.1 Å². The third kappa shape index (κ3) is 2.88. The highest BCUT2D eigenvalue weighted by Gasteiger charge is 2.31. The molecule has 0 radical (unpaired) electrons. The average molecular weight is 318 g/mol. The van der Waals surface area contributed by atoms with E-state index in [4.69, 9.17) is 21.1 Å². The Hall–Kier alpha value is -2.20. The van der Waals surface area contributed by atoms with Crippen LogP contribution in [0.5, 0.6) is 5.75 Å². The van der Waals surface area contributed by atoms with Gasteiger partial charge in [0.25, 0.3) is 0 Å². The Morgan fingerprint density at radius 3 is 2.77 bits per heavy atom. The first-order valence-electron chi connectivity index (χ1n) is 7.01. The zero-order chi connectivity index (χ0) is 15.5. The Morgan fingerprint density at radius 2 is 2.00 bits per heavy atom. The van der Waals surface area contributed by atoms with Crippen LogP contribution in [0.1, 0.15) is 5.56 Å². The van der Waals surface area contributed by atoms with Gasteiger partial charge in [0.1, 0.15) is 5.75 Å². The van der Waals surface area contributed by atoms with Gasteiger partial charge < -0.3 is 14.4 Å². The van der Waals surface area contributed by atoms with E-state index in [2.05, 4.69) is 4.90 Å². The van der Waals surface area contributed by atoms with E-state index in [1.54, 1.807) is 0 Å². The van der Waals surface area contributed by atoms with Gasteiger partial charge in [-0.15, -0.1) is 0 Å². The van der Waals surface area contributed by atoms with Crippen molar-refractivity contribution in [3.05, 3.63) is 59.1 Å². The number of halogens is 1. The summed E-state index contributed by atoms with van der Waals surface area (Å²) >= 11 is 6.25. The summed E-state index contributed by atoms with van der Waals surface area (Å²) < 4.78 is 10.5. The topological polar surface area (TPSA) is 38.8 Å². The molecule has 0 saturated carbocycles. The molecule has 4 nitrogen and oxygen atoms in total. The molecule has 1 atom stereocenters. The lowest BCUT2D eigenvalue weighted by Gasteiger charge is -2.35. The van der Waals surface area contributed by atoms with Gasteiger partial charge in [-0.3, -0.25) is 0 Å². The number of fused-ring (bicyclic) bond motifs is 1. The lowest BCUT2D eigenvalue weighted by Crippen LogP contribution is -2.44. The van der Waals surface area contributed by atoms with Gasteiger partial charge in [-0.1, -0.05) is 41.9 Å². The number of ether oxygens (including phenoxy) is 2. The molecular weight excluding hydrogens is 302 g/mol. The first-order chi connectivity index (χ1) is 10.7. The molecule has 2 aromatic carbocycles. The second-order valence-corrected chi connectivity index (χ2v) is 5.48. The molecular formula is C17H16ClNO3. The quantitative estimate of drug-likeness (QED) is 0.814. The van der Waals surface area contributed by atoms with Crippen molar-refractivity contribution >= 4 is 23.3 Å². The molecule has 0 aliphatic carbocycles. The molecule has 1 aliphatic rings. The van der Waals surface area contributed by atoms with Gasteiger partial charge in [-0.05, 0) is 23.8 Å². The Balaban J connectivity index is 1.92. The SMILES string of the molecule is COC(=O)[C@H]1CN(Cc2ccccc2Cl)c2ccccc2O1. The van der Waals surface area contributed by atoms with Crippen LogP contribution in [0.15, 0.2) is 48.5 Å². The van der Waals surface area contributed by atoms with E-state index in [-0.39, 0.29) is 5.97 Å². The normalized spacial score (nSPS) is 16.6. The molecule has 1 aliphatic heterocycles. The van der Waals surface area contributed by atoms with Crippen molar-refractivity contribution in [2.24, 2.45) is 0 Å². The number of esters is 1. The smallest absolute Gasteiger partial charge is 0.348 e. The molecule has 0 bridgehead atoms. The molecule has 0 N–H and O–H groups in total. The summed E-state index contributed by atoms with van der Waals surface area (Å²) in [5, 5.41) is 0.709. The molecule has 22 heavy (non-hydrogen) atoms. The van der Waals surface area contributed by atoms with Gasteiger partial charge in [-0.25, -0.2) is 4.79 Å². The Bertz CT molecular complexity index is 689. The fraction of sp³-hybridized carbons (Fsp3) is 0.235. The molecule has 5 heteroatoms. The summed E-state index contributed by atoms with van der Waals surface area (Å²) in [5.41, 5.74) is 1.95. The monoisotopic (exact) mass is 317 g/mol. The van der Waals surface area contributed by atoms with E-state index in [9.17, 15) is 4.79 Å². The summed E-state index contributed by atoms with van der Waals surface area (Å²) in [5.74, 6) is 0.301. The maximum atomic E-state index is 11.8. The number of benzene rings is 2. The van der Waals surface area contributed by atoms with Crippen molar-refractivity contribution in [2.75, 3.05) is 18.6 Å². The average Bonchev–Trinajstić information content (AvgIpc) is 2.56. The van der Waals surface area contributed by atoms with Crippen molar-refractivity contribution in [3.63, 3.8) is 0 Å². The summed E-state index contributed by atoms with van der Waals surface area (Å²) in [6, 6.07) is 15.3. The second-order valence-electron chi connectivity index (χ2n) is 5.07. The van der Waals surface area contributed by atoms with E-state index in [0.717, 1.165) is 11.3 Å². The summed E-state index contributed by atoms with van der Waals surface area (Å²) in [6.45, 7) is 1.03. The molecule has 1 heterocycles. The maximum Gasteiger partial charge on any atom is 0.348 e. The first kappa shape index (κ1) is 14.7. The van der Waals surface area contributed by atoms with Gasteiger partial charge in [0, 0.05) is 11.6 Å². The van der Waals surface area contributed by atoms with Crippen molar-refractivity contribution < 1.29 is 14.3 Å². The number of nitrogens with zero attached hydrogens (tertiary/aromatic N) is 1. The van der Waals surface area contributed by atoms with E-state index in [1.165, 1.54) is 7.11 Å². The largest absolute Gasteiger partial charge is 0.475 e. The predicted octanol–water partition coefficient (Wildman–Crippen LogP) is 3.28. The highest BCUT2D eigenvalue weighted by molar-refractivity contribution is 6.31. The van der Waals surface area contributed by atoms with E-state index >= 15 is 0 Å². The fourth-order valence-corrected chi connectivity index (χ4v) is 2.74. The number of carbonyl (C=O) groups is 1. The third-order valence-corrected chi connectivity index (χ3v) is 4.01. The number of methoxy groups -OCH3 is 1. The number of carbonyl (C=O) groups excluding carboxylic acids is 1. The summed E-state index contributed by atoms with van der Waals surface area (Å²) in [7, 11) is 1.37. The second kappa shape index (κ2) is 6.28. The third-order valence-electron chi connectivity index (χ3n) is 3.64. The van der Waals surface area contributed by atoms with Crippen molar-refractivity contribution in [2.45, 2.75) is 12.6 Å². The van der Waals surface area contributed by atoms with Gasteiger partial charge >= 0.3 is 5.97 Å². The van der Waals surface area contributed by atoms with Crippen LogP contribution >= 0.6 is 11.6 Å². The minimum absolute atomic E-state index is 0.376. The van der Waals surface area contributed by atoms with Crippen LogP contribution in [0.3, 0.4) is 0 Å². The minimum Gasteiger partial charge on any atom is -0.475 e. The first-order valence-corrected chi connectivity index (χ1v) is 7.38. The van der Waals surface area contributed by atoms with Crippen molar-refractivity contribution in [1.29, 1.82) is 0 Å². The van der Waals surface area contributed by atoms with E-state index in [1.807, 2.05) is 48.5 Å². The molecule has 3 rings (SSSR count). The number of hydrogen-bond donors (Lipinski definition) is 0. The van der Waals surface area contributed by atoms with Crippen LogP contribution in [0, 0.1) is 0 Å². The number of para-hydroxylation sites is 2. The van der Waals surface area contributed by atoms with E-state index in [0.29, 0.717) is 23.9 Å². The zero-order valence-electron chi connectivity index (χ0n) is 12.2. The zero-order valence-corrected chi connectivity index (χ0v) is 12.9. The summed E-state index contributed by atoms with van der Waals surface area (Å²) in [4.78, 5) is 13.9. The van der Waals surface area contributed by atoms with Crippen LogP contribution in [0.2, 0.25) is 5.02 Å². The van der Waals surface area contributed by atoms with Crippen LogP contribution in [-0.4, -0.2) is 25.7 Å². The molecule has 114 valence electrons. The van der Waals surface area contributed by atoms with E-state index < -0.39 is 6.10 Å². The fourth-order valence-electron chi connectivity index (χ4n) is 2.54. The highest BCUT2D eigenvalue weighted by Crippen LogP contribution is 2.34. The Kier molecular flexibility index (Phi) is 4.20. The number of anilines is 1. The lowest BCUT2D eigenvalue weighted by atomic mass is 10.1. The van der Waals surface area contributed by atoms with Gasteiger partial charge in [0.05, 0.1) is 19.3 Å². The van der Waals surface area contributed by atoms with Crippen LogP contribution in [0.25, 0.3) is 0 Å². The molecule has 0 aromatic heterocycles. The standard InChI is InChI=1S/C17H16ClNO3/c1-21-17(20)16-11-19(10-12-6-2-3-7-13(12)18)14-8-4-5-9-15(14)22-16/h2-9,16H,10-11H2,1H3/t16-/m1/s1. The molecule has 0 spiro atoms. The molecule has 0 amide bonds. The van der Waals surface area contributed by atoms with Gasteiger partial charge in [-0.2, -0.15) is 0 Å². The van der Waals surface area contributed by atoms with Crippen LogP contribution in [0.4, 0.5) is 5.69 Å². The lowest BCUT2D eigenvalue weighted by molar-refractivity contribution is -0.148. The Morgan fingerprint density at radius 1 is 1.27 bits per heavy atom. The Labute approximate surface area is 134 Å². The molecule has 2 aromatic rings. The maximum absolute atomic E-state index is 11.8. The minimum atomic E-state index is -0.637. The van der Waals surface area contributed by atoms with Crippen LogP contribution < -0.4 is 9.64 Å². The molecule has 0 fully saturated rings. The van der Waals surface area contributed by atoms with Crippen molar-refractivity contribution in [3.8, 4) is 5.75 Å². The summed E-state index contributed by atoms with van der Waals surface area (Å²) in [6.07, 6.45) is -0.637. The number of hydrogen-bond acceptors (Lipinski definition) is 4. The van der Waals surface area contributed by atoms with Gasteiger partial charge in [0.2, 0.25) is 6.10 Å². The van der Waals surface area contributed by atoms with Crippen molar-refractivity contribution in [1.82, 2.24) is 0 Å². The number of rotatable bonds is 3. The highest BCUT2D eigenvalue weighted by atomic mass is 35.5. The predicted molar refractivity (Wildman–Crippen MR) is 85.4 cm³/mol. The molecule has 0 unspecified atom stereocenters. The van der Waals surface area contributed by atoms with Gasteiger partial charge in [0.15, 0.2) is 0 Å².